The Kier molecular flexibility index (Phi) is 3.04. The Morgan fingerprint density at radius 1 is 1.28 bits per heavy atom. The van der Waals surface area contributed by atoms with Gasteiger partial charge in [-0.3, -0.25) is 0 Å². The van der Waals surface area contributed by atoms with E-state index in [9.17, 15) is 0 Å². The lowest BCUT2D eigenvalue weighted by atomic mass is 9.73. The standard InChI is InChI=1S/C14H15BrN2O/c15-12-7-11(8-16)1-2-13(12)17-9-14(10-17)3-5-18-6-4-14/h1-2,7H,3-6,9-10H2. The van der Waals surface area contributed by atoms with Crippen molar-refractivity contribution >= 4 is 21.6 Å². The lowest BCUT2D eigenvalue weighted by Crippen LogP contribution is -2.58. The van der Waals surface area contributed by atoms with Gasteiger partial charge in [0.15, 0.2) is 0 Å². The number of hydrogen-bond donors (Lipinski definition) is 0. The van der Waals surface area contributed by atoms with E-state index in [1.807, 2.05) is 18.2 Å². The van der Waals surface area contributed by atoms with Gasteiger partial charge in [-0.05, 0) is 47.0 Å². The normalized spacial score (nSPS) is 21.4. The molecule has 1 aromatic carbocycles. The molecule has 0 aliphatic carbocycles. The van der Waals surface area contributed by atoms with Gasteiger partial charge in [0, 0.05) is 36.2 Å². The zero-order valence-electron chi connectivity index (χ0n) is 10.2. The second kappa shape index (κ2) is 4.56. The van der Waals surface area contributed by atoms with E-state index in [0.717, 1.165) is 30.8 Å². The fourth-order valence-corrected chi connectivity index (χ4v) is 3.52. The first-order chi connectivity index (χ1) is 8.72. The molecular formula is C14H15BrN2O. The molecule has 2 heterocycles. The van der Waals surface area contributed by atoms with Gasteiger partial charge >= 0.3 is 0 Å². The molecule has 0 N–H and O–H groups in total. The molecule has 4 heteroatoms. The molecule has 0 bridgehead atoms. The molecule has 18 heavy (non-hydrogen) atoms. The van der Waals surface area contributed by atoms with Crippen LogP contribution in [0.25, 0.3) is 0 Å². The first-order valence-corrected chi connectivity index (χ1v) is 7.04. The molecule has 1 aromatic rings. The topological polar surface area (TPSA) is 36.3 Å². The number of nitriles is 1. The van der Waals surface area contributed by atoms with E-state index in [1.54, 1.807) is 0 Å². The van der Waals surface area contributed by atoms with Crippen LogP contribution in [0.4, 0.5) is 5.69 Å². The molecular weight excluding hydrogens is 292 g/mol. The summed E-state index contributed by atoms with van der Waals surface area (Å²) in [6.45, 7) is 4.03. The summed E-state index contributed by atoms with van der Waals surface area (Å²) < 4.78 is 6.45. The highest BCUT2D eigenvalue weighted by atomic mass is 79.9. The molecule has 2 aliphatic heterocycles. The first kappa shape index (κ1) is 12.0. The van der Waals surface area contributed by atoms with Crippen LogP contribution in [0.2, 0.25) is 0 Å². The number of anilines is 1. The van der Waals surface area contributed by atoms with Crippen LogP contribution in [0.3, 0.4) is 0 Å². The summed E-state index contributed by atoms with van der Waals surface area (Å²) in [6, 6.07) is 7.98. The maximum absolute atomic E-state index is 8.86. The predicted octanol–water partition coefficient (Wildman–Crippen LogP) is 2.94. The first-order valence-electron chi connectivity index (χ1n) is 6.25. The SMILES string of the molecule is N#Cc1ccc(N2CC3(CCOCC3)C2)c(Br)c1. The van der Waals surface area contributed by atoms with Gasteiger partial charge in [-0.1, -0.05) is 0 Å². The fourth-order valence-electron chi connectivity index (χ4n) is 2.89. The zero-order chi connectivity index (χ0) is 12.6. The van der Waals surface area contributed by atoms with Crippen molar-refractivity contribution in [3.05, 3.63) is 28.2 Å². The Bertz CT molecular complexity index is 495. The number of rotatable bonds is 1. The van der Waals surface area contributed by atoms with Crippen LogP contribution < -0.4 is 4.90 Å². The zero-order valence-corrected chi connectivity index (χ0v) is 11.7. The van der Waals surface area contributed by atoms with Crippen molar-refractivity contribution in [2.24, 2.45) is 5.41 Å². The van der Waals surface area contributed by atoms with Crippen molar-refractivity contribution in [2.75, 3.05) is 31.2 Å². The third-order valence-corrected chi connectivity index (χ3v) is 4.66. The number of ether oxygens (including phenoxy) is 1. The van der Waals surface area contributed by atoms with Gasteiger partial charge in [0.1, 0.15) is 0 Å². The van der Waals surface area contributed by atoms with Crippen LogP contribution >= 0.6 is 15.9 Å². The summed E-state index contributed by atoms with van der Waals surface area (Å²) in [5.74, 6) is 0. The van der Waals surface area contributed by atoms with Crippen molar-refractivity contribution in [1.82, 2.24) is 0 Å². The van der Waals surface area contributed by atoms with E-state index in [0.29, 0.717) is 11.0 Å². The second-order valence-corrected chi connectivity index (χ2v) is 6.10. The lowest BCUT2D eigenvalue weighted by molar-refractivity contribution is -0.000232. The highest BCUT2D eigenvalue weighted by molar-refractivity contribution is 9.10. The van der Waals surface area contributed by atoms with Gasteiger partial charge in [-0.2, -0.15) is 5.26 Å². The summed E-state index contributed by atoms with van der Waals surface area (Å²) in [5.41, 5.74) is 2.38. The van der Waals surface area contributed by atoms with Crippen molar-refractivity contribution in [3.8, 4) is 6.07 Å². The third kappa shape index (κ3) is 2.02. The molecule has 94 valence electrons. The van der Waals surface area contributed by atoms with E-state index in [1.165, 1.54) is 18.5 Å². The maximum Gasteiger partial charge on any atom is 0.0992 e. The molecule has 0 radical (unpaired) electrons. The van der Waals surface area contributed by atoms with E-state index >= 15 is 0 Å². The number of hydrogen-bond acceptors (Lipinski definition) is 3. The van der Waals surface area contributed by atoms with Crippen LogP contribution in [0.1, 0.15) is 18.4 Å². The molecule has 1 spiro atoms. The summed E-state index contributed by atoms with van der Waals surface area (Å²) in [7, 11) is 0. The van der Waals surface area contributed by atoms with Crippen molar-refractivity contribution in [1.29, 1.82) is 5.26 Å². The van der Waals surface area contributed by atoms with Crippen LogP contribution in [0, 0.1) is 16.7 Å². The number of halogens is 1. The average molecular weight is 307 g/mol. The molecule has 2 aliphatic rings. The molecule has 0 amide bonds. The minimum atomic E-state index is 0.478. The molecule has 3 nitrogen and oxygen atoms in total. The van der Waals surface area contributed by atoms with E-state index in [4.69, 9.17) is 10.00 Å². The van der Waals surface area contributed by atoms with Crippen molar-refractivity contribution < 1.29 is 4.74 Å². The van der Waals surface area contributed by atoms with Gasteiger partial charge in [-0.15, -0.1) is 0 Å². The second-order valence-electron chi connectivity index (χ2n) is 5.25. The Morgan fingerprint density at radius 2 is 2.00 bits per heavy atom. The van der Waals surface area contributed by atoms with Gasteiger partial charge in [-0.25, -0.2) is 0 Å². The molecule has 2 fully saturated rings. The largest absolute Gasteiger partial charge is 0.381 e. The number of nitrogens with zero attached hydrogens (tertiary/aromatic N) is 2. The molecule has 3 rings (SSSR count). The Hall–Kier alpha value is -1.05. The highest BCUT2D eigenvalue weighted by Gasteiger charge is 2.44. The van der Waals surface area contributed by atoms with Crippen LogP contribution in [-0.4, -0.2) is 26.3 Å². The molecule has 0 unspecified atom stereocenters. The van der Waals surface area contributed by atoms with Gasteiger partial charge < -0.3 is 9.64 Å². The van der Waals surface area contributed by atoms with Crippen LogP contribution in [-0.2, 0) is 4.74 Å². The summed E-state index contributed by atoms with van der Waals surface area (Å²) >= 11 is 3.56. The van der Waals surface area contributed by atoms with E-state index in [-0.39, 0.29) is 0 Å². The van der Waals surface area contributed by atoms with E-state index < -0.39 is 0 Å². The minimum Gasteiger partial charge on any atom is -0.381 e. The summed E-state index contributed by atoms with van der Waals surface area (Å²) in [6.07, 6.45) is 2.36. The predicted molar refractivity (Wildman–Crippen MR) is 73.6 cm³/mol. The van der Waals surface area contributed by atoms with Crippen LogP contribution in [0.15, 0.2) is 22.7 Å². The smallest absolute Gasteiger partial charge is 0.0992 e. The van der Waals surface area contributed by atoms with Gasteiger partial charge in [0.05, 0.1) is 17.3 Å². The fraction of sp³-hybridized carbons (Fsp3) is 0.500. The van der Waals surface area contributed by atoms with Crippen molar-refractivity contribution in [2.45, 2.75) is 12.8 Å². The average Bonchev–Trinajstić information content (AvgIpc) is 2.37. The monoisotopic (exact) mass is 306 g/mol. The summed E-state index contributed by atoms with van der Waals surface area (Å²) in [5, 5.41) is 8.86. The molecule has 0 atom stereocenters. The third-order valence-electron chi connectivity index (χ3n) is 4.02. The Morgan fingerprint density at radius 3 is 2.61 bits per heavy atom. The van der Waals surface area contributed by atoms with Gasteiger partial charge in [0.2, 0.25) is 0 Å². The Balaban J connectivity index is 1.73. The Labute approximate surface area is 115 Å². The van der Waals surface area contributed by atoms with Gasteiger partial charge in [0.25, 0.3) is 0 Å². The summed E-state index contributed by atoms with van der Waals surface area (Å²) in [4.78, 5) is 2.39. The van der Waals surface area contributed by atoms with Crippen LogP contribution in [0.5, 0.6) is 0 Å². The molecule has 0 aromatic heterocycles. The highest BCUT2D eigenvalue weighted by Crippen LogP contribution is 2.43. The quantitative estimate of drug-likeness (QED) is 0.800. The molecule has 0 saturated carbocycles. The maximum atomic E-state index is 8.86. The molecule has 2 saturated heterocycles. The van der Waals surface area contributed by atoms with E-state index in [2.05, 4.69) is 26.9 Å². The minimum absolute atomic E-state index is 0.478. The van der Waals surface area contributed by atoms with Crippen molar-refractivity contribution in [3.63, 3.8) is 0 Å². The number of benzene rings is 1. The lowest BCUT2D eigenvalue weighted by Gasteiger charge is -2.53.